The molecule has 0 saturated carbocycles. The number of nitrogens with zero attached hydrogens (tertiary/aromatic N) is 1. The van der Waals surface area contributed by atoms with Crippen LogP contribution in [0.5, 0.6) is 0 Å². The highest BCUT2D eigenvalue weighted by Gasteiger charge is 2.38. The first-order chi connectivity index (χ1) is 11.7. The average Bonchev–Trinajstić information content (AvgIpc) is 3.13. The lowest BCUT2D eigenvalue weighted by molar-refractivity contribution is -0.534. The van der Waals surface area contributed by atoms with Crippen LogP contribution in [0.4, 0.5) is 0 Å². The molecule has 0 aromatic carbocycles. The summed E-state index contributed by atoms with van der Waals surface area (Å²) in [7, 11) is 1.38. The molecule has 6 nitrogen and oxygen atoms in total. The standard InChI is InChI=1S/C18H28NO5/c1-3-14(13-20)15(11-17-23-9-10-24-17)16(18(21)22-2)12-19-7-5-4-6-8-19/h3,12-17H,1,4-11H2,2H3/q+1/t14?,15-,16?/m1/s1. The molecule has 2 saturated heterocycles. The Morgan fingerprint density at radius 3 is 2.50 bits per heavy atom. The molecule has 2 aliphatic heterocycles. The molecule has 2 fully saturated rings. The number of aldehydes is 1. The number of hydrogen-bond donors (Lipinski definition) is 0. The van der Waals surface area contributed by atoms with Gasteiger partial charge in [0.05, 0.1) is 20.3 Å². The van der Waals surface area contributed by atoms with E-state index in [4.69, 9.17) is 14.2 Å². The Labute approximate surface area is 143 Å². The lowest BCUT2D eigenvalue weighted by Gasteiger charge is -2.27. The minimum Gasteiger partial charge on any atom is -0.468 e. The van der Waals surface area contributed by atoms with Crippen molar-refractivity contribution in [3.05, 3.63) is 12.7 Å². The summed E-state index contributed by atoms with van der Waals surface area (Å²) in [6, 6.07) is 0. The van der Waals surface area contributed by atoms with E-state index in [1.807, 2.05) is 6.21 Å². The number of esters is 1. The lowest BCUT2D eigenvalue weighted by atomic mass is 9.80. The molecular formula is C18H28NO5+. The van der Waals surface area contributed by atoms with E-state index in [2.05, 4.69) is 11.2 Å². The first-order valence-electron chi connectivity index (χ1n) is 8.67. The molecule has 2 heterocycles. The van der Waals surface area contributed by atoms with Gasteiger partial charge in [0.1, 0.15) is 25.3 Å². The van der Waals surface area contributed by atoms with Crippen LogP contribution in [0.3, 0.4) is 0 Å². The molecule has 2 aliphatic rings. The molecule has 0 amide bonds. The van der Waals surface area contributed by atoms with Crippen molar-refractivity contribution >= 4 is 18.5 Å². The van der Waals surface area contributed by atoms with Gasteiger partial charge in [0, 0.05) is 25.2 Å². The predicted molar refractivity (Wildman–Crippen MR) is 89.0 cm³/mol. The van der Waals surface area contributed by atoms with Gasteiger partial charge in [0.15, 0.2) is 12.5 Å². The van der Waals surface area contributed by atoms with E-state index < -0.39 is 11.8 Å². The Bertz CT molecular complexity index is 454. The quantitative estimate of drug-likeness (QED) is 0.290. The maximum absolute atomic E-state index is 12.4. The number of piperidine rings is 1. The largest absolute Gasteiger partial charge is 0.468 e. The van der Waals surface area contributed by atoms with Gasteiger partial charge >= 0.3 is 5.97 Å². The molecule has 134 valence electrons. The van der Waals surface area contributed by atoms with Crippen LogP contribution in [0.2, 0.25) is 0 Å². The molecule has 0 spiro atoms. The number of hydrogen-bond acceptors (Lipinski definition) is 5. The number of rotatable bonds is 8. The molecule has 6 heteroatoms. The van der Waals surface area contributed by atoms with E-state index in [9.17, 15) is 9.59 Å². The van der Waals surface area contributed by atoms with Crippen LogP contribution in [0.15, 0.2) is 12.7 Å². The van der Waals surface area contributed by atoms with Gasteiger partial charge < -0.3 is 19.0 Å². The fourth-order valence-electron chi connectivity index (χ4n) is 3.42. The second-order valence-corrected chi connectivity index (χ2v) is 6.31. The fourth-order valence-corrected chi connectivity index (χ4v) is 3.42. The number of carbonyl (C=O) groups is 2. The van der Waals surface area contributed by atoms with Crippen LogP contribution < -0.4 is 0 Å². The van der Waals surface area contributed by atoms with E-state index in [0.717, 1.165) is 32.2 Å². The van der Waals surface area contributed by atoms with E-state index in [0.29, 0.717) is 19.6 Å². The Morgan fingerprint density at radius 1 is 1.29 bits per heavy atom. The normalized spacial score (nSPS) is 22.5. The van der Waals surface area contributed by atoms with Crippen LogP contribution in [-0.2, 0) is 23.8 Å². The van der Waals surface area contributed by atoms with Crippen molar-refractivity contribution in [2.45, 2.75) is 32.0 Å². The lowest BCUT2D eigenvalue weighted by Crippen LogP contribution is -2.37. The van der Waals surface area contributed by atoms with Crippen LogP contribution >= 0.6 is 0 Å². The van der Waals surface area contributed by atoms with Crippen molar-refractivity contribution in [1.29, 1.82) is 0 Å². The van der Waals surface area contributed by atoms with E-state index >= 15 is 0 Å². The van der Waals surface area contributed by atoms with Gasteiger partial charge in [0.25, 0.3) is 0 Å². The van der Waals surface area contributed by atoms with Crippen molar-refractivity contribution < 1.29 is 28.4 Å². The highest BCUT2D eigenvalue weighted by atomic mass is 16.7. The molecular weight excluding hydrogens is 310 g/mol. The van der Waals surface area contributed by atoms with Gasteiger partial charge in [0.2, 0.25) is 0 Å². The van der Waals surface area contributed by atoms with Crippen LogP contribution in [0, 0.1) is 17.8 Å². The second kappa shape index (κ2) is 9.69. The maximum atomic E-state index is 12.4. The van der Waals surface area contributed by atoms with Gasteiger partial charge in [-0.1, -0.05) is 6.08 Å². The summed E-state index contributed by atoms with van der Waals surface area (Å²) < 4.78 is 18.2. The number of methoxy groups -OCH3 is 1. The maximum Gasteiger partial charge on any atom is 0.318 e. The van der Waals surface area contributed by atoms with Gasteiger partial charge in [-0.25, -0.2) is 4.58 Å². The SMILES string of the molecule is C=CC(C=O)[C@@H](CC1OCCO1)C(C=[N+]1CCCCC1)C(=O)OC. The number of ether oxygens (including phenoxy) is 3. The topological polar surface area (TPSA) is 64.8 Å². The first kappa shape index (κ1) is 18.8. The van der Waals surface area contributed by atoms with Crippen molar-refractivity contribution in [3.8, 4) is 0 Å². The van der Waals surface area contributed by atoms with E-state index in [1.165, 1.54) is 13.5 Å². The first-order valence-corrected chi connectivity index (χ1v) is 8.67. The van der Waals surface area contributed by atoms with E-state index in [1.54, 1.807) is 6.08 Å². The molecule has 0 radical (unpaired) electrons. The van der Waals surface area contributed by atoms with Crippen molar-refractivity contribution in [2.75, 3.05) is 33.4 Å². The van der Waals surface area contributed by atoms with Gasteiger partial charge in [-0.2, -0.15) is 0 Å². The molecule has 0 bridgehead atoms. The zero-order chi connectivity index (χ0) is 17.4. The zero-order valence-electron chi connectivity index (χ0n) is 14.4. The summed E-state index contributed by atoms with van der Waals surface area (Å²) in [5, 5.41) is 0. The summed E-state index contributed by atoms with van der Waals surface area (Å²) in [5.74, 6) is -1.60. The molecule has 3 atom stereocenters. The highest BCUT2D eigenvalue weighted by molar-refractivity contribution is 5.89. The van der Waals surface area contributed by atoms with Gasteiger partial charge in [-0.3, -0.25) is 4.79 Å². The highest BCUT2D eigenvalue weighted by Crippen LogP contribution is 2.29. The average molecular weight is 338 g/mol. The minimum atomic E-state index is -0.519. The van der Waals surface area contributed by atoms with Gasteiger partial charge in [-0.05, 0) is 12.3 Å². The predicted octanol–water partition coefficient (Wildman–Crippen LogP) is 1.42. The third-order valence-electron chi connectivity index (χ3n) is 4.78. The second-order valence-electron chi connectivity index (χ2n) is 6.31. The zero-order valence-corrected chi connectivity index (χ0v) is 14.4. The molecule has 2 unspecified atom stereocenters. The number of allylic oxidation sites excluding steroid dienone is 1. The van der Waals surface area contributed by atoms with Crippen LogP contribution in [0.25, 0.3) is 0 Å². The van der Waals surface area contributed by atoms with Crippen LogP contribution in [-0.4, -0.2) is 62.7 Å². The Hall–Kier alpha value is -1.53. The monoisotopic (exact) mass is 338 g/mol. The molecule has 0 aromatic heterocycles. The Morgan fingerprint density at radius 2 is 1.96 bits per heavy atom. The smallest absolute Gasteiger partial charge is 0.318 e. The third kappa shape index (κ3) is 4.98. The van der Waals surface area contributed by atoms with Gasteiger partial charge in [-0.15, -0.1) is 6.58 Å². The molecule has 0 N–H and O–H groups in total. The van der Waals surface area contributed by atoms with Crippen molar-refractivity contribution in [1.82, 2.24) is 0 Å². The minimum absolute atomic E-state index is 0.294. The molecule has 0 aliphatic carbocycles. The Balaban J connectivity index is 2.25. The molecule has 2 rings (SSSR count). The summed E-state index contributed by atoms with van der Waals surface area (Å²) in [6.45, 7) is 6.68. The number of carbonyl (C=O) groups excluding carboxylic acids is 2. The van der Waals surface area contributed by atoms with E-state index in [-0.39, 0.29) is 18.2 Å². The summed E-state index contributed by atoms with van der Waals surface area (Å²) in [6.07, 6.45) is 7.87. The molecule has 24 heavy (non-hydrogen) atoms. The third-order valence-corrected chi connectivity index (χ3v) is 4.78. The molecule has 0 aromatic rings. The van der Waals surface area contributed by atoms with Crippen molar-refractivity contribution in [3.63, 3.8) is 0 Å². The Kier molecular flexibility index (Phi) is 7.59. The fraction of sp³-hybridized carbons (Fsp3) is 0.722. The summed E-state index contributed by atoms with van der Waals surface area (Å²) in [5.41, 5.74) is 0. The van der Waals surface area contributed by atoms with Crippen molar-refractivity contribution in [2.24, 2.45) is 17.8 Å². The summed E-state index contributed by atoms with van der Waals surface area (Å²) >= 11 is 0. The summed E-state index contributed by atoms with van der Waals surface area (Å²) in [4.78, 5) is 24.0. The van der Waals surface area contributed by atoms with Crippen LogP contribution in [0.1, 0.15) is 25.7 Å².